The van der Waals surface area contributed by atoms with Gasteiger partial charge in [-0.05, 0) is 24.0 Å². The van der Waals surface area contributed by atoms with Crippen molar-refractivity contribution in [3.05, 3.63) is 46.5 Å². The Hall–Kier alpha value is -1.68. The number of nitrogens with one attached hydrogen (secondary N) is 2. The number of anilines is 1. The first-order valence-electron chi connectivity index (χ1n) is 6.85. The maximum atomic E-state index is 11.2. The lowest BCUT2D eigenvalue weighted by molar-refractivity contribution is -0.120. The summed E-state index contributed by atoms with van der Waals surface area (Å²) in [7, 11) is -3.29. The van der Waals surface area contributed by atoms with Gasteiger partial charge in [0, 0.05) is 5.38 Å². The highest BCUT2D eigenvalue weighted by Gasteiger charge is 2.07. The lowest BCUT2D eigenvalue weighted by atomic mass is 10.0. The monoisotopic (exact) mass is 390 g/mol. The Balaban J connectivity index is 0.00000288. The number of hydrazine groups is 1. The second kappa shape index (κ2) is 8.97. The van der Waals surface area contributed by atoms with E-state index in [4.69, 9.17) is 5.84 Å². The molecule has 2 aromatic rings. The molecular formula is C14H19ClN4O3S2. The van der Waals surface area contributed by atoms with Crippen molar-refractivity contribution in [1.29, 1.82) is 0 Å². The van der Waals surface area contributed by atoms with E-state index in [-0.39, 0.29) is 24.7 Å². The van der Waals surface area contributed by atoms with Gasteiger partial charge < -0.3 is 0 Å². The standard InChI is InChI=1S/C14H18N4O3S2.ClH/c1-23(20,21)18-14-16-12(9-22-14)7-6-10-2-4-11(5-3-10)8-13(19)17-15;/h2-5,9H,6-8,15H2,1H3,(H,16,18)(H,17,19);1H. The lowest BCUT2D eigenvalue weighted by Gasteiger charge is -2.03. The van der Waals surface area contributed by atoms with Crippen molar-refractivity contribution in [3.63, 3.8) is 0 Å². The zero-order valence-electron chi connectivity index (χ0n) is 13.0. The fraction of sp³-hybridized carbons (Fsp3) is 0.286. The summed E-state index contributed by atoms with van der Waals surface area (Å²) in [6.07, 6.45) is 2.85. The maximum absolute atomic E-state index is 11.2. The third-order valence-corrected chi connectivity index (χ3v) is 4.54. The number of nitrogens with zero attached hydrogens (tertiary/aromatic N) is 1. The number of thiazole rings is 1. The first-order valence-corrected chi connectivity index (χ1v) is 9.62. The molecule has 0 aliphatic carbocycles. The van der Waals surface area contributed by atoms with E-state index in [1.165, 1.54) is 11.3 Å². The normalized spacial score (nSPS) is 10.8. The predicted molar refractivity (Wildman–Crippen MR) is 97.7 cm³/mol. The van der Waals surface area contributed by atoms with Crippen LogP contribution in [0.15, 0.2) is 29.6 Å². The fourth-order valence-corrected chi connectivity index (χ4v) is 3.56. The number of aromatic nitrogens is 1. The molecule has 1 heterocycles. The van der Waals surface area contributed by atoms with Gasteiger partial charge in [0.25, 0.3) is 0 Å². The molecule has 0 spiro atoms. The third kappa shape index (κ3) is 6.83. The minimum absolute atomic E-state index is 0. The second-order valence-corrected chi connectivity index (χ2v) is 7.69. The molecule has 0 fully saturated rings. The summed E-state index contributed by atoms with van der Waals surface area (Å²) in [5, 5.41) is 2.22. The highest BCUT2D eigenvalue weighted by Crippen LogP contribution is 2.18. The molecule has 1 aromatic carbocycles. The van der Waals surface area contributed by atoms with E-state index < -0.39 is 10.0 Å². The SMILES string of the molecule is CS(=O)(=O)Nc1nc(CCc2ccc(CC(=O)NN)cc2)cs1.Cl. The van der Waals surface area contributed by atoms with E-state index in [9.17, 15) is 13.2 Å². The summed E-state index contributed by atoms with van der Waals surface area (Å²) in [5.74, 6) is 4.82. The molecule has 0 saturated carbocycles. The van der Waals surface area contributed by atoms with E-state index >= 15 is 0 Å². The quantitative estimate of drug-likeness (QED) is 0.374. The van der Waals surface area contributed by atoms with Crippen molar-refractivity contribution < 1.29 is 13.2 Å². The van der Waals surface area contributed by atoms with Crippen LogP contribution in [0.5, 0.6) is 0 Å². The Bertz CT molecular complexity index is 776. The van der Waals surface area contributed by atoms with Gasteiger partial charge in [-0.25, -0.2) is 19.2 Å². The molecular weight excluding hydrogens is 372 g/mol. The van der Waals surface area contributed by atoms with Gasteiger partial charge in [0.2, 0.25) is 15.9 Å². The van der Waals surface area contributed by atoms with Gasteiger partial charge in [-0.15, -0.1) is 23.7 Å². The van der Waals surface area contributed by atoms with Crippen molar-refractivity contribution in [1.82, 2.24) is 10.4 Å². The summed E-state index contributed by atoms with van der Waals surface area (Å²) in [6, 6.07) is 7.70. The Morgan fingerprint density at radius 1 is 1.21 bits per heavy atom. The van der Waals surface area contributed by atoms with Crippen LogP contribution in [-0.4, -0.2) is 25.6 Å². The number of nitrogens with two attached hydrogens (primary N) is 1. The van der Waals surface area contributed by atoms with Crippen LogP contribution in [0, 0.1) is 0 Å². The Labute approximate surface area is 151 Å². The van der Waals surface area contributed by atoms with Crippen LogP contribution in [0.4, 0.5) is 5.13 Å². The van der Waals surface area contributed by atoms with Crippen LogP contribution in [0.3, 0.4) is 0 Å². The minimum Gasteiger partial charge on any atom is -0.294 e. The van der Waals surface area contributed by atoms with E-state index in [0.29, 0.717) is 11.6 Å². The number of rotatable bonds is 7. The summed E-state index contributed by atoms with van der Waals surface area (Å²) in [4.78, 5) is 15.4. The van der Waals surface area contributed by atoms with Crippen molar-refractivity contribution in [2.45, 2.75) is 19.3 Å². The summed E-state index contributed by atoms with van der Waals surface area (Å²) in [5.41, 5.74) is 4.95. The van der Waals surface area contributed by atoms with Crippen LogP contribution < -0.4 is 16.0 Å². The third-order valence-electron chi connectivity index (χ3n) is 3.04. The molecule has 0 aliphatic heterocycles. The molecule has 0 saturated heterocycles. The Kier molecular flexibility index (Phi) is 7.61. The molecule has 4 N–H and O–H groups in total. The molecule has 10 heteroatoms. The summed E-state index contributed by atoms with van der Waals surface area (Å²) in [6.45, 7) is 0. The maximum Gasteiger partial charge on any atom is 0.238 e. The number of carbonyl (C=O) groups excluding carboxylic acids is 1. The fourth-order valence-electron chi connectivity index (χ4n) is 1.96. The number of sulfonamides is 1. The highest BCUT2D eigenvalue weighted by molar-refractivity contribution is 7.92. The molecule has 7 nitrogen and oxygen atoms in total. The molecule has 2 rings (SSSR count). The molecule has 0 radical (unpaired) electrons. The molecule has 24 heavy (non-hydrogen) atoms. The average Bonchev–Trinajstić information content (AvgIpc) is 2.92. The first kappa shape index (κ1) is 20.4. The Morgan fingerprint density at radius 3 is 2.42 bits per heavy atom. The van der Waals surface area contributed by atoms with Crippen LogP contribution in [0.1, 0.15) is 16.8 Å². The number of halogens is 1. The van der Waals surface area contributed by atoms with E-state index in [0.717, 1.165) is 29.5 Å². The van der Waals surface area contributed by atoms with Crippen LogP contribution >= 0.6 is 23.7 Å². The van der Waals surface area contributed by atoms with Gasteiger partial charge in [-0.2, -0.15) is 0 Å². The van der Waals surface area contributed by atoms with Crippen LogP contribution in [-0.2, 0) is 34.1 Å². The van der Waals surface area contributed by atoms with E-state index in [1.54, 1.807) is 0 Å². The number of hydrogen-bond donors (Lipinski definition) is 3. The van der Waals surface area contributed by atoms with Gasteiger partial charge in [-0.1, -0.05) is 24.3 Å². The molecule has 132 valence electrons. The molecule has 0 atom stereocenters. The van der Waals surface area contributed by atoms with Crippen molar-refractivity contribution in [3.8, 4) is 0 Å². The average molecular weight is 391 g/mol. The predicted octanol–water partition coefficient (Wildman–Crippen LogP) is 1.25. The van der Waals surface area contributed by atoms with Gasteiger partial charge in [-0.3, -0.25) is 14.9 Å². The Morgan fingerprint density at radius 2 is 1.83 bits per heavy atom. The molecule has 0 bridgehead atoms. The minimum atomic E-state index is -3.29. The number of hydrogen-bond acceptors (Lipinski definition) is 6. The van der Waals surface area contributed by atoms with Crippen LogP contribution in [0.2, 0.25) is 0 Å². The molecule has 1 aromatic heterocycles. The topological polar surface area (TPSA) is 114 Å². The number of aryl methyl sites for hydroxylation is 2. The number of carbonyl (C=O) groups is 1. The zero-order valence-corrected chi connectivity index (χ0v) is 15.4. The van der Waals surface area contributed by atoms with Crippen LogP contribution in [0.25, 0.3) is 0 Å². The highest BCUT2D eigenvalue weighted by atomic mass is 35.5. The number of amides is 1. The van der Waals surface area contributed by atoms with Crippen molar-refractivity contribution >= 4 is 44.8 Å². The lowest BCUT2D eigenvalue weighted by Crippen LogP contribution is -2.31. The number of benzene rings is 1. The van der Waals surface area contributed by atoms with Crippen molar-refractivity contribution in [2.75, 3.05) is 11.0 Å². The first-order chi connectivity index (χ1) is 10.9. The van der Waals surface area contributed by atoms with E-state index in [2.05, 4.69) is 15.1 Å². The smallest absolute Gasteiger partial charge is 0.238 e. The molecule has 0 aliphatic rings. The van der Waals surface area contributed by atoms with E-state index in [1.807, 2.05) is 29.6 Å². The van der Waals surface area contributed by atoms with Gasteiger partial charge in [0.05, 0.1) is 18.4 Å². The largest absolute Gasteiger partial charge is 0.294 e. The van der Waals surface area contributed by atoms with Gasteiger partial charge in [0.1, 0.15) is 0 Å². The zero-order chi connectivity index (χ0) is 16.9. The summed E-state index contributed by atoms with van der Waals surface area (Å²) < 4.78 is 24.6. The van der Waals surface area contributed by atoms with Gasteiger partial charge >= 0.3 is 0 Å². The molecule has 1 amide bonds. The van der Waals surface area contributed by atoms with Crippen molar-refractivity contribution in [2.24, 2.45) is 5.84 Å². The van der Waals surface area contributed by atoms with Gasteiger partial charge in [0.15, 0.2) is 5.13 Å². The second-order valence-electron chi connectivity index (χ2n) is 5.08. The molecule has 0 unspecified atom stereocenters. The summed E-state index contributed by atoms with van der Waals surface area (Å²) >= 11 is 1.27.